The third-order valence-electron chi connectivity index (χ3n) is 3.84. The molecule has 1 atom stereocenters. The van der Waals surface area contributed by atoms with Gasteiger partial charge in [0.1, 0.15) is 5.82 Å². The summed E-state index contributed by atoms with van der Waals surface area (Å²) in [6.45, 7) is 3.34. The molecule has 3 rings (SSSR count). The first kappa shape index (κ1) is 10.8. The Morgan fingerprint density at radius 2 is 2.18 bits per heavy atom. The molecule has 3 heteroatoms. The topological polar surface area (TPSA) is 20.5 Å². The SMILES string of the molecule is Cc1cccc2cnc(C3CCCCN3C)n12. The predicted molar refractivity (Wildman–Crippen MR) is 69.2 cm³/mol. The molecular formula is C14H19N3. The molecule has 17 heavy (non-hydrogen) atoms. The van der Waals surface area contributed by atoms with E-state index in [1.54, 1.807) is 0 Å². The van der Waals surface area contributed by atoms with Crippen molar-refractivity contribution in [1.29, 1.82) is 0 Å². The molecule has 1 saturated heterocycles. The van der Waals surface area contributed by atoms with Gasteiger partial charge in [0.15, 0.2) is 0 Å². The number of rotatable bonds is 1. The van der Waals surface area contributed by atoms with Gasteiger partial charge < -0.3 is 0 Å². The third kappa shape index (κ3) is 1.75. The molecule has 0 radical (unpaired) electrons. The molecule has 1 unspecified atom stereocenters. The monoisotopic (exact) mass is 229 g/mol. The molecule has 0 amide bonds. The molecule has 3 heterocycles. The Hall–Kier alpha value is -1.35. The van der Waals surface area contributed by atoms with E-state index in [4.69, 9.17) is 0 Å². The zero-order chi connectivity index (χ0) is 11.8. The lowest BCUT2D eigenvalue weighted by Gasteiger charge is -2.31. The van der Waals surface area contributed by atoms with Gasteiger partial charge >= 0.3 is 0 Å². The molecule has 0 spiro atoms. The number of hydrogen-bond donors (Lipinski definition) is 0. The number of nitrogens with zero attached hydrogens (tertiary/aromatic N) is 3. The molecule has 90 valence electrons. The van der Waals surface area contributed by atoms with Crippen LogP contribution in [-0.4, -0.2) is 27.9 Å². The number of aromatic nitrogens is 2. The van der Waals surface area contributed by atoms with E-state index in [0.717, 1.165) is 0 Å². The highest BCUT2D eigenvalue weighted by molar-refractivity contribution is 5.47. The quantitative estimate of drug-likeness (QED) is 0.749. The lowest BCUT2D eigenvalue weighted by Crippen LogP contribution is -2.31. The average Bonchev–Trinajstić information content (AvgIpc) is 2.75. The normalized spacial score (nSPS) is 22.1. The Labute approximate surface area is 102 Å². The molecule has 2 aromatic rings. The minimum Gasteiger partial charge on any atom is -0.300 e. The van der Waals surface area contributed by atoms with E-state index in [1.807, 2.05) is 6.20 Å². The van der Waals surface area contributed by atoms with Gasteiger partial charge in [0.25, 0.3) is 0 Å². The summed E-state index contributed by atoms with van der Waals surface area (Å²) < 4.78 is 2.30. The van der Waals surface area contributed by atoms with Crippen molar-refractivity contribution in [2.75, 3.05) is 13.6 Å². The second-order valence-electron chi connectivity index (χ2n) is 5.04. The highest BCUT2D eigenvalue weighted by Gasteiger charge is 2.24. The van der Waals surface area contributed by atoms with Crippen LogP contribution in [0.15, 0.2) is 24.4 Å². The van der Waals surface area contributed by atoms with Crippen LogP contribution in [0.1, 0.15) is 36.8 Å². The number of imidazole rings is 1. The summed E-state index contributed by atoms with van der Waals surface area (Å²) in [6, 6.07) is 6.86. The van der Waals surface area contributed by atoms with Gasteiger partial charge in [-0.1, -0.05) is 12.5 Å². The van der Waals surface area contributed by atoms with Crippen molar-refractivity contribution in [3.05, 3.63) is 35.9 Å². The number of aryl methyl sites for hydroxylation is 1. The van der Waals surface area contributed by atoms with Gasteiger partial charge in [-0.2, -0.15) is 0 Å². The summed E-state index contributed by atoms with van der Waals surface area (Å²) in [5, 5.41) is 0. The van der Waals surface area contributed by atoms with E-state index in [9.17, 15) is 0 Å². The van der Waals surface area contributed by atoms with Crippen molar-refractivity contribution >= 4 is 5.52 Å². The molecule has 0 N–H and O–H groups in total. The Bertz CT molecular complexity index is 529. The van der Waals surface area contributed by atoms with Gasteiger partial charge in [0.2, 0.25) is 0 Å². The first-order valence-corrected chi connectivity index (χ1v) is 6.40. The van der Waals surface area contributed by atoms with Crippen LogP contribution in [0, 0.1) is 6.92 Å². The predicted octanol–water partition coefficient (Wildman–Crippen LogP) is 2.80. The van der Waals surface area contributed by atoms with Crippen molar-refractivity contribution in [3.63, 3.8) is 0 Å². The summed E-state index contributed by atoms with van der Waals surface area (Å²) >= 11 is 0. The molecule has 0 aromatic carbocycles. The molecule has 1 aliphatic rings. The lowest BCUT2D eigenvalue weighted by atomic mass is 10.0. The van der Waals surface area contributed by atoms with Crippen LogP contribution in [0.2, 0.25) is 0 Å². The first-order chi connectivity index (χ1) is 8.27. The Morgan fingerprint density at radius 1 is 1.29 bits per heavy atom. The Kier molecular flexibility index (Phi) is 2.63. The highest BCUT2D eigenvalue weighted by atomic mass is 15.2. The minimum absolute atomic E-state index is 0.479. The van der Waals surface area contributed by atoms with Crippen molar-refractivity contribution in [3.8, 4) is 0 Å². The van der Waals surface area contributed by atoms with Gasteiger partial charge in [0, 0.05) is 5.69 Å². The standard InChI is InChI=1S/C14H19N3/c1-11-6-5-7-12-10-15-14(17(11)12)13-8-3-4-9-16(13)2/h5-7,10,13H,3-4,8-9H2,1-2H3. The van der Waals surface area contributed by atoms with Crippen LogP contribution in [0.5, 0.6) is 0 Å². The van der Waals surface area contributed by atoms with Crippen molar-refractivity contribution in [2.45, 2.75) is 32.2 Å². The van der Waals surface area contributed by atoms with Crippen molar-refractivity contribution in [1.82, 2.24) is 14.3 Å². The van der Waals surface area contributed by atoms with Crippen LogP contribution < -0.4 is 0 Å². The van der Waals surface area contributed by atoms with Crippen molar-refractivity contribution < 1.29 is 0 Å². The Morgan fingerprint density at radius 3 is 3.00 bits per heavy atom. The van der Waals surface area contributed by atoms with Gasteiger partial charge in [0.05, 0.1) is 17.8 Å². The fraction of sp³-hybridized carbons (Fsp3) is 0.500. The molecule has 1 aliphatic heterocycles. The molecular weight excluding hydrogens is 210 g/mol. The van der Waals surface area contributed by atoms with E-state index >= 15 is 0 Å². The molecule has 3 nitrogen and oxygen atoms in total. The summed E-state index contributed by atoms with van der Waals surface area (Å²) in [7, 11) is 2.21. The summed E-state index contributed by atoms with van der Waals surface area (Å²) in [6.07, 6.45) is 5.85. The van der Waals surface area contributed by atoms with E-state index in [-0.39, 0.29) is 0 Å². The number of hydrogen-bond acceptors (Lipinski definition) is 2. The van der Waals surface area contributed by atoms with E-state index < -0.39 is 0 Å². The molecule has 0 saturated carbocycles. The second kappa shape index (κ2) is 4.15. The largest absolute Gasteiger partial charge is 0.300 e. The summed E-state index contributed by atoms with van der Waals surface area (Å²) in [5.41, 5.74) is 2.48. The third-order valence-corrected chi connectivity index (χ3v) is 3.84. The van der Waals surface area contributed by atoms with Crippen LogP contribution in [0.25, 0.3) is 5.52 Å². The number of fused-ring (bicyclic) bond motifs is 1. The molecule has 0 aliphatic carbocycles. The maximum Gasteiger partial charge on any atom is 0.130 e. The van der Waals surface area contributed by atoms with Crippen molar-refractivity contribution in [2.24, 2.45) is 0 Å². The zero-order valence-corrected chi connectivity index (χ0v) is 10.6. The highest BCUT2D eigenvalue weighted by Crippen LogP contribution is 2.29. The van der Waals surface area contributed by atoms with Gasteiger partial charge in [-0.25, -0.2) is 4.98 Å². The second-order valence-corrected chi connectivity index (χ2v) is 5.04. The fourth-order valence-electron chi connectivity index (χ4n) is 2.88. The van der Waals surface area contributed by atoms with Gasteiger partial charge in [-0.05, 0) is 45.5 Å². The smallest absolute Gasteiger partial charge is 0.130 e. The maximum atomic E-state index is 4.65. The number of piperidine rings is 1. The van der Waals surface area contributed by atoms with Crippen LogP contribution in [0.3, 0.4) is 0 Å². The summed E-state index contributed by atoms with van der Waals surface area (Å²) in [5.74, 6) is 1.21. The average molecular weight is 229 g/mol. The molecule has 0 bridgehead atoms. The Balaban J connectivity index is 2.10. The van der Waals surface area contributed by atoms with E-state index in [0.29, 0.717) is 6.04 Å². The van der Waals surface area contributed by atoms with Crippen LogP contribution in [0.4, 0.5) is 0 Å². The maximum absolute atomic E-state index is 4.65. The van der Waals surface area contributed by atoms with Gasteiger partial charge in [-0.3, -0.25) is 9.30 Å². The van der Waals surface area contributed by atoms with Gasteiger partial charge in [-0.15, -0.1) is 0 Å². The lowest BCUT2D eigenvalue weighted by molar-refractivity contribution is 0.179. The molecule has 1 fully saturated rings. The number of pyridine rings is 1. The summed E-state index contributed by atoms with van der Waals surface area (Å²) in [4.78, 5) is 7.09. The van der Waals surface area contributed by atoms with E-state index in [2.05, 4.69) is 46.5 Å². The fourth-order valence-corrected chi connectivity index (χ4v) is 2.88. The first-order valence-electron chi connectivity index (χ1n) is 6.40. The zero-order valence-electron chi connectivity index (χ0n) is 10.6. The minimum atomic E-state index is 0.479. The van der Waals surface area contributed by atoms with Crippen LogP contribution in [-0.2, 0) is 0 Å². The molecule has 2 aromatic heterocycles. The van der Waals surface area contributed by atoms with Crippen LogP contribution >= 0.6 is 0 Å². The number of likely N-dealkylation sites (tertiary alicyclic amines) is 1. The van der Waals surface area contributed by atoms with E-state index in [1.165, 1.54) is 42.8 Å².